The molecule has 1 fully saturated rings. The van der Waals surface area contributed by atoms with E-state index in [0.29, 0.717) is 28.2 Å². The monoisotopic (exact) mass is 311 g/mol. The Labute approximate surface area is 127 Å². The van der Waals surface area contributed by atoms with E-state index in [0.717, 1.165) is 31.2 Å². The Hall–Kier alpha value is -1.10. The fraction of sp³-hybridized carbons (Fsp3) is 0.429. The number of hydrogen-bond donors (Lipinski definition) is 1. The molecule has 1 aliphatic carbocycles. The van der Waals surface area contributed by atoms with E-state index in [1.54, 1.807) is 12.1 Å². The highest BCUT2D eigenvalue weighted by molar-refractivity contribution is 6.35. The van der Waals surface area contributed by atoms with Crippen LogP contribution in [0.3, 0.4) is 0 Å². The van der Waals surface area contributed by atoms with E-state index in [1.807, 2.05) is 6.07 Å². The zero-order valence-corrected chi connectivity index (χ0v) is 12.4. The second-order valence-electron chi connectivity index (χ2n) is 5.29. The summed E-state index contributed by atoms with van der Waals surface area (Å²) in [5.74, 6) is 1.14. The summed E-state index contributed by atoms with van der Waals surface area (Å²) in [6.45, 7) is 0. The van der Waals surface area contributed by atoms with E-state index in [-0.39, 0.29) is 0 Å². The van der Waals surface area contributed by atoms with Crippen LogP contribution < -0.4 is 5.73 Å². The van der Waals surface area contributed by atoms with Gasteiger partial charge in [0.25, 0.3) is 0 Å². The van der Waals surface area contributed by atoms with Crippen molar-refractivity contribution in [3.05, 3.63) is 45.5 Å². The summed E-state index contributed by atoms with van der Waals surface area (Å²) in [6.07, 6.45) is 4.53. The van der Waals surface area contributed by atoms with E-state index in [2.05, 4.69) is 10.1 Å². The van der Waals surface area contributed by atoms with Crippen molar-refractivity contribution in [2.24, 2.45) is 5.73 Å². The predicted molar refractivity (Wildman–Crippen MR) is 77.9 cm³/mol. The van der Waals surface area contributed by atoms with Crippen molar-refractivity contribution >= 4 is 23.2 Å². The maximum atomic E-state index is 6.31. The molecule has 0 bridgehead atoms. The van der Waals surface area contributed by atoms with Gasteiger partial charge in [-0.25, -0.2) is 0 Å². The Balaban J connectivity index is 1.80. The van der Waals surface area contributed by atoms with Crippen molar-refractivity contribution in [1.82, 2.24) is 10.1 Å². The number of hydrogen-bond acceptors (Lipinski definition) is 4. The van der Waals surface area contributed by atoms with E-state index >= 15 is 0 Å². The van der Waals surface area contributed by atoms with Gasteiger partial charge in [0.05, 0.1) is 12.0 Å². The Bertz CT molecular complexity index is 621. The van der Waals surface area contributed by atoms with Crippen LogP contribution >= 0.6 is 23.2 Å². The molecule has 0 unspecified atom stereocenters. The number of benzene rings is 1. The summed E-state index contributed by atoms with van der Waals surface area (Å²) in [5.41, 5.74) is 6.79. The lowest BCUT2D eigenvalue weighted by Gasteiger charge is -2.17. The predicted octanol–water partition coefficient (Wildman–Crippen LogP) is 3.70. The number of nitrogens with zero attached hydrogens (tertiary/aromatic N) is 2. The lowest BCUT2D eigenvalue weighted by molar-refractivity contribution is 0.352. The highest BCUT2D eigenvalue weighted by atomic mass is 35.5. The van der Waals surface area contributed by atoms with Crippen molar-refractivity contribution in [2.45, 2.75) is 37.6 Å². The zero-order chi connectivity index (χ0) is 14.2. The van der Waals surface area contributed by atoms with Gasteiger partial charge in [-0.15, -0.1) is 0 Å². The van der Waals surface area contributed by atoms with Gasteiger partial charge < -0.3 is 10.3 Å². The van der Waals surface area contributed by atoms with Crippen LogP contribution in [0.2, 0.25) is 10.0 Å². The Morgan fingerprint density at radius 2 is 2.00 bits per heavy atom. The SMILES string of the molecule is NC1(c2noc(Cc3ccc(Cl)cc3Cl)n2)CCCC1. The van der Waals surface area contributed by atoms with Gasteiger partial charge in [0.15, 0.2) is 5.82 Å². The van der Waals surface area contributed by atoms with Crippen molar-refractivity contribution in [3.8, 4) is 0 Å². The number of rotatable bonds is 3. The van der Waals surface area contributed by atoms with Crippen LogP contribution in [0.4, 0.5) is 0 Å². The molecule has 1 saturated carbocycles. The first kappa shape index (κ1) is 13.9. The highest BCUT2D eigenvalue weighted by Gasteiger charge is 2.35. The molecule has 1 aliphatic rings. The largest absolute Gasteiger partial charge is 0.339 e. The average molecular weight is 312 g/mol. The van der Waals surface area contributed by atoms with Crippen molar-refractivity contribution < 1.29 is 4.52 Å². The zero-order valence-electron chi connectivity index (χ0n) is 10.9. The third kappa shape index (κ3) is 2.68. The van der Waals surface area contributed by atoms with Crippen LogP contribution in [-0.4, -0.2) is 10.1 Å². The normalized spacial score (nSPS) is 17.6. The molecule has 3 rings (SSSR count). The van der Waals surface area contributed by atoms with Gasteiger partial charge in [0.1, 0.15) is 0 Å². The summed E-state index contributed by atoms with van der Waals surface area (Å²) in [7, 11) is 0. The molecule has 0 saturated heterocycles. The summed E-state index contributed by atoms with van der Waals surface area (Å²) in [5, 5.41) is 5.24. The summed E-state index contributed by atoms with van der Waals surface area (Å²) < 4.78 is 5.30. The van der Waals surface area contributed by atoms with Crippen molar-refractivity contribution in [1.29, 1.82) is 0 Å². The maximum absolute atomic E-state index is 6.31. The molecule has 0 amide bonds. The van der Waals surface area contributed by atoms with Gasteiger partial charge in [-0.2, -0.15) is 4.98 Å². The van der Waals surface area contributed by atoms with Gasteiger partial charge in [-0.3, -0.25) is 0 Å². The van der Waals surface area contributed by atoms with Crippen LogP contribution in [-0.2, 0) is 12.0 Å². The first-order valence-corrected chi connectivity index (χ1v) is 7.38. The lowest BCUT2D eigenvalue weighted by Crippen LogP contribution is -2.34. The van der Waals surface area contributed by atoms with Crippen LogP contribution in [0.1, 0.15) is 43.0 Å². The second-order valence-corrected chi connectivity index (χ2v) is 6.13. The Kier molecular flexibility index (Phi) is 3.71. The molecule has 2 N–H and O–H groups in total. The van der Waals surface area contributed by atoms with Gasteiger partial charge >= 0.3 is 0 Å². The molecule has 2 aromatic rings. The summed E-state index contributed by atoms with van der Waals surface area (Å²) >= 11 is 12.0. The molecule has 0 aliphatic heterocycles. The molecule has 106 valence electrons. The fourth-order valence-corrected chi connectivity index (χ4v) is 3.06. The minimum atomic E-state index is -0.425. The van der Waals surface area contributed by atoms with Crippen LogP contribution in [0.5, 0.6) is 0 Å². The number of halogens is 2. The van der Waals surface area contributed by atoms with Crippen LogP contribution in [0, 0.1) is 0 Å². The smallest absolute Gasteiger partial charge is 0.231 e. The van der Waals surface area contributed by atoms with Gasteiger partial charge in [-0.1, -0.05) is 47.3 Å². The van der Waals surface area contributed by atoms with Gasteiger partial charge in [0, 0.05) is 10.0 Å². The maximum Gasteiger partial charge on any atom is 0.231 e. The van der Waals surface area contributed by atoms with Gasteiger partial charge in [0.2, 0.25) is 5.89 Å². The molecule has 1 heterocycles. The van der Waals surface area contributed by atoms with Crippen molar-refractivity contribution in [2.75, 3.05) is 0 Å². The topological polar surface area (TPSA) is 64.9 Å². The van der Waals surface area contributed by atoms with E-state index in [4.69, 9.17) is 33.5 Å². The molecule has 1 aromatic carbocycles. The standard InChI is InChI=1S/C14H15Cl2N3O/c15-10-4-3-9(11(16)8-10)7-12-18-13(19-20-12)14(17)5-1-2-6-14/h3-4,8H,1-2,5-7,17H2. The lowest BCUT2D eigenvalue weighted by atomic mass is 9.99. The molecule has 1 aromatic heterocycles. The first-order valence-electron chi connectivity index (χ1n) is 6.63. The number of nitrogens with two attached hydrogens (primary N) is 1. The Morgan fingerprint density at radius 1 is 1.25 bits per heavy atom. The summed E-state index contributed by atoms with van der Waals surface area (Å²) in [4.78, 5) is 4.43. The molecule has 6 heteroatoms. The molecular formula is C14H15Cl2N3O. The molecule has 4 nitrogen and oxygen atoms in total. The van der Waals surface area contributed by atoms with E-state index < -0.39 is 5.54 Å². The van der Waals surface area contributed by atoms with E-state index in [1.165, 1.54) is 0 Å². The molecule has 20 heavy (non-hydrogen) atoms. The van der Waals surface area contributed by atoms with Crippen molar-refractivity contribution in [3.63, 3.8) is 0 Å². The average Bonchev–Trinajstić information content (AvgIpc) is 3.03. The third-order valence-electron chi connectivity index (χ3n) is 3.77. The second kappa shape index (κ2) is 5.35. The van der Waals surface area contributed by atoms with E-state index in [9.17, 15) is 0 Å². The minimum Gasteiger partial charge on any atom is -0.339 e. The molecule has 0 atom stereocenters. The van der Waals surface area contributed by atoms with Crippen LogP contribution in [0.25, 0.3) is 0 Å². The Morgan fingerprint density at radius 3 is 2.70 bits per heavy atom. The fourth-order valence-electron chi connectivity index (χ4n) is 2.59. The highest BCUT2D eigenvalue weighted by Crippen LogP contribution is 2.34. The van der Waals surface area contributed by atoms with Gasteiger partial charge in [-0.05, 0) is 30.5 Å². The molecule has 0 radical (unpaired) electrons. The first-order chi connectivity index (χ1) is 9.57. The minimum absolute atomic E-state index is 0.425. The third-order valence-corrected chi connectivity index (χ3v) is 4.35. The summed E-state index contributed by atoms with van der Waals surface area (Å²) in [6, 6.07) is 5.36. The quantitative estimate of drug-likeness (QED) is 0.938. The van der Waals surface area contributed by atoms with Crippen LogP contribution in [0.15, 0.2) is 22.7 Å². The molecule has 0 spiro atoms. The number of aromatic nitrogens is 2. The molecular weight excluding hydrogens is 297 g/mol.